The van der Waals surface area contributed by atoms with Gasteiger partial charge in [0.1, 0.15) is 0 Å². The number of para-hydroxylation sites is 8. The SMILES string of the molecule is [2H]C([2H])([2H])N1[C]2=[Pt]=[C]3N(c4[c-]c(ccc4)N(c4ccc(N5c6[c-]c(ccc6)N6[C](=[Pt]=[C]7N(c8[c-]c5ccc8)c5ccccc5N7C([2H])([2H])[2H])N(C([2H])([2H])[2H])c5ccccc56)c(C(C)(C)C)c4)c4[c-]c(ccc4)N2c2ccccc21)c1ccccc1N3C([2H])([2H])[2H]. The van der Waals surface area contributed by atoms with E-state index in [1.54, 1.807) is 36.4 Å². The quantitative estimate of drug-likeness (QED) is 0.156. The molecule has 9 aromatic rings. The summed E-state index contributed by atoms with van der Waals surface area (Å²) in [6, 6.07) is 73.7. The molecular formula is C66H52N10Pt2-4. The molecule has 8 bridgehead atoms. The van der Waals surface area contributed by atoms with Crippen molar-refractivity contribution in [3.8, 4) is 0 Å². The first-order valence-corrected chi connectivity index (χ1v) is 29.7. The number of anilines is 18. The monoisotopic (exact) mass is 1390 g/mol. The van der Waals surface area contributed by atoms with Crippen molar-refractivity contribution >= 4 is 119 Å². The second-order valence-electron chi connectivity index (χ2n) is 20.1. The molecule has 0 spiro atoms. The van der Waals surface area contributed by atoms with Crippen LogP contribution in [-0.2, 0) is 40.7 Å². The Hall–Kier alpha value is -8.16. The summed E-state index contributed by atoms with van der Waals surface area (Å²) < 4.78 is 111. The fraction of sp³-hybridized carbons (Fsp3) is 0.121. The van der Waals surface area contributed by atoms with Gasteiger partial charge in [0.15, 0.2) is 0 Å². The van der Waals surface area contributed by atoms with Gasteiger partial charge in [0, 0.05) is 0 Å². The van der Waals surface area contributed by atoms with Gasteiger partial charge in [0.05, 0.1) is 0 Å². The van der Waals surface area contributed by atoms with E-state index in [1.807, 2.05) is 159 Å². The van der Waals surface area contributed by atoms with Gasteiger partial charge in [-0.2, -0.15) is 0 Å². The van der Waals surface area contributed by atoms with Gasteiger partial charge in [-0.1, -0.05) is 0 Å². The van der Waals surface area contributed by atoms with Gasteiger partial charge in [0.25, 0.3) is 0 Å². The average molecular weight is 1390 g/mol. The normalized spacial score (nSPS) is 19.1. The van der Waals surface area contributed by atoms with E-state index in [9.17, 15) is 0 Å². The van der Waals surface area contributed by atoms with Crippen LogP contribution in [0.2, 0.25) is 0 Å². The van der Waals surface area contributed by atoms with E-state index < -0.39 is 68.6 Å². The van der Waals surface area contributed by atoms with E-state index in [0.29, 0.717) is 113 Å². The number of nitrogens with zero attached hydrogens (tertiary/aromatic N) is 10. The first kappa shape index (κ1) is 36.0. The fourth-order valence-corrected chi connectivity index (χ4v) is 17.1. The van der Waals surface area contributed by atoms with E-state index in [2.05, 4.69) is 67.0 Å². The van der Waals surface area contributed by atoms with Crippen LogP contribution in [0, 0.1) is 24.3 Å². The van der Waals surface area contributed by atoms with Gasteiger partial charge in [0.2, 0.25) is 0 Å². The summed E-state index contributed by atoms with van der Waals surface area (Å²) in [5.41, 5.74) is 10.6. The molecule has 6 heterocycles. The van der Waals surface area contributed by atoms with Crippen LogP contribution in [0.1, 0.15) is 42.8 Å². The van der Waals surface area contributed by atoms with Crippen molar-refractivity contribution in [3.63, 3.8) is 0 Å². The van der Waals surface area contributed by atoms with Crippen LogP contribution in [0.5, 0.6) is 0 Å². The Kier molecular flexibility index (Phi) is 8.17. The molecule has 10 nitrogen and oxygen atoms in total. The second kappa shape index (κ2) is 17.7. The molecule has 12 heteroatoms. The van der Waals surface area contributed by atoms with Crippen LogP contribution in [0.3, 0.4) is 0 Å². The standard InChI is InChI=1S/C66H52N10.2Pt/c1-66(2,3)56-42-55(75(51-24-16-20-47(38-51)71-43-67(4)58-28-8-12-32-62(58)71)52-25-17-21-48(39-52)72-44-68(5)59-29-9-13-33-63(59)72)36-37-57(56)76(53-26-18-22-49(40-53)73-45-69(6)60-30-10-14-34-64(60)73)54-27-19-23-50(41-54)74-46-70(7)61-31-11-15-35-65(61)74;;/h8-37,42H,1-7H3;;/q-4;;/i4D3,5D3,6D3,7D3;;. The van der Waals surface area contributed by atoms with E-state index in [4.69, 9.17) is 16.4 Å². The Bertz CT molecular complexity index is 4390. The zero-order valence-electron chi connectivity index (χ0n) is 54.0. The molecule has 0 atom stereocenters. The Balaban J connectivity index is 0.970. The van der Waals surface area contributed by atoms with E-state index in [1.165, 1.54) is 19.6 Å². The molecule has 6 aliphatic rings. The van der Waals surface area contributed by atoms with Crippen molar-refractivity contribution in [2.24, 2.45) is 0 Å². The summed E-state index contributed by atoms with van der Waals surface area (Å²) in [6.07, 6.45) is 0. The molecule has 78 heavy (non-hydrogen) atoms. The van der Waals surface area contributed by atoms with Crippen molar-refractivity contribution < 1.29 is 51.7 Å². The molecular weight excluding hydrogens is 1320 g/mol. The predicted octanol–water partition coefficient (Wildman–Crippen LogP) is 14.0. The van der Waals surface area contributed by atoms with Crippen LogP contribution in [0.25, 0.3) is 0 Å². The van der Waals surface area contributed by atoms with Gasteiger partial charge < -0.3 is 0 Å². The van der Waals surface area contributed by atoms with Gasteiger partial charge in [-0.3, -0.25) is 0 Å². The summed E-state index contributed by atoms with van der Waals surface area (Å²) in [5, 5.41) is 0. The van der Waals surface area contributed by atoms with Crippen LogP contribution in [-0.4, -0.2) is 44.5 Å². The molecule has 0 unspecified atom stereocenters. The van der Waals surface area contributed by atoms with Crippen LogP contribution >= 0.6 is 0 Å². The van der Waals surface area contributed by atoms with E-state index in [0.717, 1.165) is 11.3 Å². The third-order valence-corrected chi connectivity index (χ3v) is 20.5. The van der Waals surface area contributed by atoms with Crippen molar-refractivity contribution in [2.75, 3.05) is 76.9 Å². The number of hydrogen-bond acceptors (Lipinski definition) is 10. The number of benzene rings is 9. The zero-order chi connectivity index (χ0) is 62.7. The minimum absolute atomic E-state index is 0.416. The molecule has 9 aromatic carbocycles. The van der Waals surface area contributed by atoms with Crippen molar-refractivity contribution in [1.82, 2.24) is 0 Å². The first-order chi connectivity index (χ1) is 42.8. The molecule has 0 aliphatic carbocycles. The predicted molar refractivity (Wildman–Crippen MR) is 318 cm³/mol. The summed E-state index contributed by atoms with van der Waals surface area (Å²) in [5.74, 6) is 0. The molecule has 0 saturated heterocycles. The molecule has 0 fully saturated rings. The van der Waals surface area contributed by atoms with Crippen LogP contribution in [0.4, 0.5) is 102 Å². The van der Waals surface area contributed by atoms with Gasteiger partial charge >= 0.3 is 492 Å². The third kappa shape index (κ3) is 7.08. The molecule has 6 aliphatic heterocycles. The van der Waals surface area contributed by atoms with Crippen LogP contribution in [0.15, 0.2) is 188 Å². The van der Waals surface area contributed by atoms with E-state index >= 15 is 0 Å². The van der Waals surface area contributed by atoms with Crippen molar-refractivity contribution in [2.45, 2.75) is 26.2 Å². The van der Waals surface area contributed by atoms with Gasteiger partial charge in [-0.15, -0.1) is 0 Å². The molecule has 0 saturated carbocycles. The molecule has 0 N–H and O–H groups in total. The Labute approximate surface area is 489 Å². The number of fused-ring (bicyclic) bond motifs is 24. The zero-order valence-corrected chi connectivity index (χ0v) is 46.5. The fourth-order valence-electron chi connectivity index (χ4n) is 10.9. The maximum atomic E-state index is 9.09. The summed E-state index contributed by atoms with van der Waals surface area (Å²) >= 11 is -3.41. The first-order valence-electron chi connectivity index (χ1n) is 31.1. The van der Waals surface area contributed by atoms with Gasteiger partial charge in [-0.25, -0.2) is 0 Å². The summed E-state index contributed by atoms with van der Waals surface area (Å²) in [7, 11) is 0. The maximum absolute atomic E-state index is 9.09. The second-order valence-corrected chi connectivity index (χ2v) is 25.3. The van der Waals surface area contributed by atoms with Gasteiger partial charge in [-0.05, 0) is 0 Å². The minimum atomic E-state index is -2.68. The molecule has 390 valence electrons. The Morgan fingerprint density at radius 1 is 0.308 bits per heavy atom. The van der Waals surface area contributed by atoms with Crippen LogP contribution < -0.4 is 49.0 Å². The molecule has 15 rings (SSSR count). The number of rotatable bonds is 2. The topological polar surface area (TPSA) is 32.4 Å². The molecule has 0 radical (unpaired) electrons. The number of hydrogen-bond donors (Lipinski definition) is 0. The molecule has 0 aromatic heterocycles. The third-order valence-electron chi connectivity index (χ3n) is 14.4. The Morgan fingerprint density at radius 2 is 0.590 bits per heavy atom. The Morgan fingerprint density at radius 3 is 0.885 bits per heavy atom. The van der Waals surface area contributed by atoms with E-state index in [-0.39, 0.29) is 0 Å². The van der Waals surface area contributed by atoms with Crippen molar-refractivity contribution in [3.05, 3.63) is 218 Å². The molecule has 0 amide bonds. The summed E-state index contributed by atoms with van der Waals surface area (Å²) in [6.45, 7) is -4.27. The summed E-state index contributed by atoms with van der Waals surface area (Å²) in [4.78, 5) is 17.4. The average Bonchev–Trinajstić information content (AvgIpc) is 1.55. The van der Waals surface area contributed by atoms with Crippen molar-refractivity contribution in [1.29, 1.82) is 0 Å².